The molecule has 1 atom stereocenters. The highest BCUT2D eigenvalue weighted by molar-refractivity contribution is 5.97. The van der Waals surface area contributed by atoms with Gasteiger partial charge < -0.3 is 20.9 Å². The molecule has 2 amide bonds. The maximum absolute atomic E-state index is 12.0. The first-order valence-corrected chi connectivity index (χ1v) is 6.35. The molecule has 0 aliphatic rings. The molecule has 1 aromatic carbocycles. The molecule has 0 saturated heterocycles. The number of amides is 2. The van der Waals surface area contributed by atoms with Crippen molar-refractivity contribution in [2.45, 2.75) is 25.8 Å². The highest BCUT2D eigenvalue weighted by Crippen LogP contribution is 2.14. The van der Waals surface area contributed by atoms with Crippen molar-refractivity contribution < 1.29 is 24.2 Å². The van der Waals surface area contributed by atoms with Crippen molar-refractivity contribution in [1.82, 2.24) is 5.32 Å². The molecule has 1 unspecified atom stereocenters. The normalized spacial score (nSPS) is 13.0. The average Bonchev–Trinajstić information content (AvgIpc) is 2.45. The van der Waals surface area contributed by atoms with Crippen LogP contribution in [0.4, 0.5) is 0 Å². The number of benzene rings is 1. The van der Waals surface area contributed by atoms with Gasteiger partial charge in [0.2, 0.25) is 0 Å². The molecule has 114 valence electrons. The van der Waals surface area contributed by atoms with Gasteiger partial charge in [0, 0.05) is 5.56 Å². The Morgan fingerprint density at radius 1 is 1.29 bits per heavy atom. The largest absolute Gasteiger partial charge is 0.484 e. The fourth-order valence-corrected chi connectivity index (χ4v) is 1.47. The Morgan fingerprint density at radius 2 is 1.86 bits per heavy atom. The van der Waals surface area contributed by atoms with E-state index in [0.29, 0.717) is 11.3 Å². The minimum absolute atomic E-state index is 0.252. The molecule has 0 heterocycles. The molecule has 0 bridgehead atoms. The fraction of sp³-hybridized carbons (Fsp3) is 0.357. The monoisotopic (exact) mass is 294 g/mol. The van der Waals surface area contributed by atoms with Crippen molar-refractivity contribution in [3.05, 3.63) is 29.8 Å². The summed E-state index contributed by atoms with van der Waals surface area (Å²) in [5.74, 6) is -1.80. The van der Waals surface area contributed by atoms with E-state index in [1.54, 1.807) is 6.92 Å². The third-order valence-corrected chi connectivity index (χ3v) is 3.07. The smallest absolute Gasteiger partial charge is 0.329 e. The van der Waals surface area contributed by atoms with Crippen LogP contribution in [0.1, 0.15) is 30.6 Å². The summed E-state index contributed by atoms with van der Waals surface area (Å²) in [6.45, 7) is 2.87. The third-order valence-electron chi connectivity index (χ3n) is 3.07. The molecule has 0 spiro atoms. The summed E-state index contributed by atoms with van der Waals surface area (Å²) >= 11 is 0. The van der Waals surface area contributed by atoms with Crippen molar-refractivity contribution in [2.75, 3.05) is 6.61 Å². The van der Waals surface area contributed by atoms with Crippen LogP contribution in [0.25, 0.3) is 0 Å². The molecule has 0 fully saturated rings. The summed E-state index contributed by atoms with van der Waals surface area (Å²) in [4.78, 5) is 33.7. The lowest BCUT2D eigenvalue weighted by atomic mass is 9.98. The van der Waals surface area contributed by atoms with Gasteiger partial charge in [0.1, 0.15) is 11.3 Å². The van der Waals surface area contributed by atoms with Crippen LogP contribution in [0.15, 0.2) is 24.3 Å². The number of nitrogens with two attached hydrogens (primary N) is 1. The van der Waals surface area contributed by atoms with Crippen LogP contribution in [0.5, 0.6) is 5.75 Å². The number of carboxylic acids is 1. The molecule has 7 heteroatoms. The summed E-state index contributed by atoms with van der Waals surface area (Å²) in [5.41, 5.74) is 3.92. The number of carboxylic acid groups (broad SMARTS) is 1. The van der Waals surface area contributed by atoms with Gasteiger partial charge in [0.25, 0.3) is 11.8 Å². The summed E-state index contributed by atoms with van der Waals surface area (Å²) in [5, 5.41) is 11.6. The summed E-state index contributed by atoms with van der Waals surface area (Å²) < 4.78 is 5.06. The number of aliphatic carboxylic acids is 1. The lowest BCUT2D eigenvalue weighted by Crippen LogP contribution is -2.51. The molecular formula is C14H18N2O5. The molecule has 0 aliphatic heterocycles. The number of carbonyl (C=O) groups is 3. The van der Waals surface area contributed by atoms with Crippen LogP contribution >= 0.6 is 0 Å². The number of carbonyl (C=O) groups excluding carboxylic acids is 2. The van der Waals surface area contributed by atoms with E-state index >= 15 is 0 Å². The Bertz CT molecular complexity index is 541. The summed E-state index contributed by atoms with van der Waals surface area (Å²) in [6, 6.07) is 5.96. The van der Waals surface area contributed by atoms with E-state index in [-0.39, 0.29) is 13.0 Å². The maximum atomic E-state index is 12.0. The second-order valence-corrected chi connectivity index (χ2v) is 4.72. The minimum Gasteiger partial charge on any atom is -0.484 e. The first-order chi connectivity index (χ1) is 9.78. The molecule has 1 rings (SSSR count). The van der Waals surface area contributed by atoms with Crippen molar-refractivity contribution in [3.8, 4) is 5.75 Å². The van der Waals surface area contributed by atoms with Crippen molar-refractivity contribution in [2.24, 2.45) is 5.73 Å². The van der Waals surface area contributed by atoms with Crippen molar-refractivity contribution >= 4 is 17.8 Å². The number of hydrogen-bond donors (Lipinski definition) is 3. The highest BCUT2D eigenvalue weighted by Gasteiger charge is 2.32. The van der Waals surface area contributed by atoms with Crippen molar-refractivity contribution in [3.63, 3.8) is 0 Å². The van der Waals surface area contributed by atoms with Gasteiger partial charge in [-0.2, -0.15) is 0 Å². The summed E-state index contributed by atoms with van der Waals surface area (Å²) in [6.07, 6.45) is 0.258. The minimum atomic E-state index is -1.32. The Kier molecular flexibility index (Phi) is 5.29. The van der Waals surface area contributed by atoms with Gasteiger partial charge in [-0.1, -0.05) is 6.92 Å². The second kappa shape index (κ2) is 6.74. The predicted molar refractivity (Wildman–Crippen MR) is 74.9 cm³/mol. The van der Waals surface area contributed by atoms with Gasteiger partial charge in [-0.15, -0.1) is 0 Å². The van der Waals surface area contributed by atoms with E-state index in [0.717, 1.165) is 0 Å². The number of hydrogen-bond acceptors (Lipinski definition) is 4. The van der Waals surface area contributed by atoms with Gasteiger partial charge >= 0.3 is 5.97 Å². The lowest BCUT2D eigenvalue weighted by molar-refractivity contribution is -0.143. The average molecular weight is 294 g/mol. The van der Waals surface area contributed by atoms with E-state index in [9.17, 15) is 14.4 Å². The number of ether oxygens (including phenoxy) is 1. The van der Waals surface area contributed by atoms with E-state index in [1.807, 2.05) is 0 Å². The molecule has 7 nitrogen and oxygen atoms in total. The molecule has 4 N–H and O–H groups in total. The molecular weight excluding hydrogens is 276 g/mol. The summed E-state index contributed by atoms with van der Waals surface area (Å²) in [7, 11) is 0. The first-order valence-electron chi connectivity index (χ1n) is 6.35. The molecule has 0 saturated carbocycles. The van der Waals surface area contributed by atoms with E-state index in [4.69, 9.17) is 15.6 Å². The lowest BCUT2D eigenvalue weighted by Gasteiger charge is -2.24. The topological polar surface area (TPSA) is 119 Å². The molecule has 21 heavy (non-hydrogen) atoms. The molecule has 1 aromatic rings. The standard InChI is InChI=1S/C14H18N2O5/c1-3-14(2,13(19)20)16-12(18)9-4-6-10(7-5-9)21-8-11(15)17/h4-7H,3,8H2,1-2H3,(H2,15,17)(H,16,18)(H,19,20). The number of rotatable bonds is 7. The fourth-order valence-electron chi connectivity index (χ4n) is 1.47. The predicted octanol–water partition coefficient (Wildman–Crippen LogP) is 0.534. The number of nitrogens with one attached hydrogen (secondary N) is 1. The third kappa shape index (κ3) is 4.48. The van der Waals surface area contributed by atoms with Crippen LogP contribution < -0.4 is 15.8 Å². The van der Waals surface area contributed by atoms with E-state index in [1.165, 1.54) is 31.2 Å². The van der Waals surface area contributed by atoms with Crippen LogP contribution in [-0.2, 0) is 9.59 Å². The van der Waals surface area contributed by atoms with Gasteiger partial charge in [0.15, 0.2) is 6.61 Å². The Hall–Kier alpha value is -2.57. The Labute approximate surface area is 122 Å². The zero-order valence-electron chi connectivity index (χ0n) is 11.9. The van der Waals surface area contributed by atoms with Crippen LogP contribution in [0.2, 0.25) is 0 Å². The van der Waals surface area contributed by atoms with Crippen molar-refractivity contribution in [1.29, 1.82) is 0 Å². The highest BCUT2D eigenvalue weighted by atomic mass is 16.5. The SMILES string of the molecule is CCC(C)(NC(=O)c1ccc(OCC(N)=O)cc1)C(=O)O. The zero-order chi connectivity index (χ0) is 16.0. The van der Waals surface area contributed by atoms with E-state index < -0.39 is 23.3 Å². The van der Waals surface area contributed by atoms with Gasteiger partial charge in [-0.25, -0.2) is 4.79 Å². The van der Waals surface area contributed by atoms with Gasteiger partial charge in [-0.3, -0.25) is 9.59 Å². The zero-order valence-corrected chi connectivity index (χ0v) is 11.9. The van der Waals surface area contributed by atoms with Gasteiger partial charge in [-0.05, 0) is 37.6 Å². The second-order valence-electron chi connectivity index (χ2n) is 4.72. The van der Waals surface area contributed by atoms with Crippen LogP contribution in [0.3, 0.4) is 0 Å². The Morgan fingerprint density at radius 3 is 2.29 bits per heavy atom. The first kappa shape index (κ1) is 16.5. The molecule has 0 radical (unpaired) electrons. The van der Waals surface area contributed by atoms with Crippen LogP contribution in [0, 0.1) is 0 Å². The quantitative estimate of drug-likeness (QED) is 0.678. The number of primary amides is 1. The maximum Gasteiger partial charge on any atom is 0.329 e. The van der Waals surface area contributed by atoms with Gasteiger partial charge in [0.05, 0.1) is 0 Å². The molecule has 0 aromatic heterocycles. The molecule has 0 aliphatic carbocycles. The van der Waals surface area contributed by atoms with E-state index in [2.05, 4.69) is 5.32 Å². The Balaban J connectivity index is 2.75. The van der Waals surface area contributed by atoms with Crippen LogP contribution in [-0.4, -0.2) is 35.0 Å².